The fraction of sp³-hybridized carbons (Fsp3) is 0.444. The molecule has 0 radical (unpaired) electrons. The standard InChI is InChI=1S/C9H12BrNOS/c1-7(12)4-6-13-9-8(10)3-2-5-11-9/h2-3,5,7,12H,4,6H2,1H3. The van der Waals surface area contributed by atoms with Crippen LogP contribution < -0.4 is 0 Å². The second-order valence-electron chi connectivity index (χ2n) is 2.78. The molecule has 0 saturated carbocycles. The number of aromatic nitrogens is 1. The van der Waals surface area contributed by atoms with Crippen LogP contribution in [0.25, 0.3) is 0 Å². The van der Waals surface area contributed by atoms with Crippen molar-refractivity contribution in [3.8, 4) is 0 Å². The Bertz CT molecular complexity index is 268. The number of nitrogens with zero attached hydrogens (tertiary/aromatic N) is 1. The van der Waals surface area contributed by atoms with E-state index in [2.05, 4.69) is 20.9 Å². The number of hydrogen-bond donors (Lipinski definition) is 1. The van der Waals surface area contributed by atoms with Gasteiger partial charge in [-0.1, -0.05) is 0 Å². The molecule has 72 valence electrons. The molecule has 0 aliphatic carbocycles. The van der Waals surface area contributed by atoms with Crippen molar-refractivity contribution < 1.29 is 5.11 Å². The largest absolute Gasteiger partial charge is 0.393 e. The molecule has 0 aliphatic rings. The summed E-state index contributed by atoms with van der Waals surface area (Å²) in [7, 11) is 0. The van der Waals surface area contributed by atoms with Crippen LogP contribution in [0.3, 0.4) is 0 Å². The minimum absolute atomic E-state index is 0.227. The van der Waals surface area contributed by atoms with E-state index in [1.807, 2.05) is 12.1 Å². The fourth-order valence-corrected chi connectivity index (χ4v) is 2.40. The molecule has 1 N–H and O–H groups in total. The third-order valence-corrected chi connectivity index (χ3v) is 3.44. The van der Waals surface area contributed by atoms with Crippen molar-refractivity contribution in [1.29, 1.82) is 0 Å². The number of halogens is 1. The molecule has 0 fully saturated rings. The fourth-order valence-electron chi connectivity index (χ4n) is 0.804. The van der Waals surface area contributed by atoms with E-state index in [1.54, 1.807) is 24.9 Å². The van der Waals surface area contributed by atoms with Crippen LogP contribution in [0.4, 0.5) is 0 Å². The van der Waals surface area contributed by atoms with E-state index < -0.39 is 0 Å². The van der Waals surface area contributed by atoms with E-state index in [0.29, 0.717) is 0 Å². The van der Waals surface area contributed by atoms with Crippen LogP contribution in [0.5, 0.6) is 0 Å². The third kappa shape index (κ3) is 4.11. The molecule has 1 unspecified atom stereocenters. The Morgan fingerprint density at radius 1 is 1.69 bits per heavy atom. The summed E-state index contributed by atoms with van der Waals surface area (Å²) in [5.41, 5.74) is 0. The summed E-state index contributed by atoms with van der Waals surface area (Å²) in [5, 5.41) is 10.0. The zero-order valence-corrected chi connectivity index (χ0v) is 9.81. The number of thioether (sulfide) groups is 1. The Morgan fingerprint density at radius 3 is 3.08 bits per heavy atom. The summed E-state index contributed by atoms with van der Waals surface area (Å²) in [4.78, 5) is 4.21. The molecule has 0 saturated heterocycles. The van der Waals surface area contributed by atoms with Crippen LogP contribution in [0.15, 0.2) is 27.8 Å². The van der Waals surface area contributed by atoms with Gasteiger partial charge in [0.15, 0.2) is 0 Å². The van der Waals surface area contributed by atoms with Gasteiger partial charge in [0.05, 0.1) is 6.10 Å². The molecular formula is C9H12BrNOS. The van der Waals surface area contributed by atoms with Crippen LogP contribution >= 0.6 is 27.7 Å². The van der Waals surface area contributed by atoms with Gasteiger partial charge in [-0.05, 0) is 41.4 Å². The SMILES string of the molecule is CC(O)CCSc1ncccc1Br. The molecule has 1 atom stereocenters. The first-order chi connectivity index (χ1) is 6.20. The highest BCUT2D eigenvalue weighted by Crippen LogP contribution is 2.25. The Hall–Kier alpha value is -0.0600. The minimum atomic E-state index is -0.227. The van der Waals surface area contributed by atoms with E-state index in [9.17, 15) is 0 Å². The van der Waals surface area contributed by atoms with Gasteiger partial charge in [-0.15, -0.1) is 11.8 Å². The number of rotatable bonds is 4. The number of pyridine rings is 1. The van der Waals surface area contributed by atoms with Crippen LogP contribution in [0, 0.1) is 0 Å². The minimum Gasteiger partial charge on any atom is -0.393 e. The lowest BCUT2D eigenvalue weighted by molar-refractivity contribution is 0.192. The summed E-state index contributed by atoms with van der Waals surface area (Å²) >= 11 is 5.08. The molecule has 1 aromatic heterocycles. The number of aliphatic hydroxyl groups excluding tert-OH is 1. The van der Waals surface area contributed by atoms with Gasteiger partial charge in [-0.3, -0.25) is 0 Å². The predicted octanol–water partition coefficient (Wildman–Crippen LogP) is 2.71. The van der Waals surface area contributed by atoms with E-state index in [0.717, 1.165) is 21.7 Å². The van der Waals surface area contributed by atoms with E-state index in [4.69, 9.17) is 5.11 Å². The average molecular weight is 262 g/mol. The molecule has 0 aliphatic heterocycles. The monoisotopic (exact) mass is 261 g/mol. The molecule has 1 rings (SSSR count). The van der Waals surface area contributed by atoms with Crippen LogP contribution in [0.1, 0.15) is 13.3 Å². The summed E-state index contributed by atoms with van der Waals surface area (Å²) < 4.78 is 1.02. The van der Waals surface area contributed by atoms with Crippen molar-refractivity contribution in [1.82, 2.24) is 4.98 Å². The molecule has 4 heteroatoms. The van der Waals surface area contributed by atoms with Gasteiger partial charge in [0, 0.05) is 16.4 Å². The first-order valence-electron chi connectivity index (χ1n) is 4.11. The molecule has 0 amide bonds. The topological polar surface area (TPSA) is 33.1 Å². The number of aliphatic hydroxyl groups is 1. The van der Waals surface area contributed by atoms with Gasteiger partial charge in [-0.25, -0.2) is 4.98 Å². The quantitative estimate of drug-likeness (QED) is 0.847. The Balaban J connectivity index is 2.41. The van der Waals surface area contributed by atoms with Crippen LogP contribution in [0.2, 0.25) is 0 Å². The molecule has 0 spiro atoms. The van der Waals surface area contributed by atoms with Crippen molar-refractivity contribution in [3.63, 3.8) is 0 Å². The lowest BCUT2D eigenvalue weighted by atomic mass is 10.3. The summed E-state index contributed by atoms with van der Waals surface area (Å²) in [6.45, 7) is 1.80. The van der Waals surface area contributed by atoms with E-state index >= 15 is 0 Å². The first kappa shape index (κ1) is 11.0. The maximum atomic E-state index is 9.05. The van der Waals surface area contributed by atoms with Gasteiger partial charge in [0.1, 0.15) is 5.03 Å². The van der Waals surface area contributed by atoms with Crippen molar-refractivity contribution in [2.75, 3.05) is 5.75 Å². The summed E-state index contributed by atoms with van der Waals surface area (Å²) in [6, 6.07) is 3.86. The second-order valence-corrected chi connectivity index (χ2v) is 4.71. The summed E-state index contributed by atoms with van der Waals surface area (Å²) in [6.07, 6.45) is 2.35. The Kier molecular flexibility index (Phi) is 4.77. The maximum absolute atomic E-state index is 9.05. The van der Waals surface area contributed by atoms with Gasteiger partial charge in [-0.2, -0.15) is 0 Å². The molecule has 0 bridgehead atoms. The smallest absolute Gasteiger partial charge is 0.110 e. The van der Waals surface area contributed by atoms with Crippen LogP contribution in [-0.2, 0) is 0 Å². The normalized spacial score (nSPS) is 12.8. The summed E-state index contributed by atoms with van der Waals surface area (Å²) in [5.74, 6) is 0.896. The van der Waals surface area contributed by atoms with Crippen LogP contribution in [-0.4, -0.2) is 21.9 Å². The molecule has 1 aromatic rings. The highest BCUT2D eigenvalue weighted by Gasteiger charge is 2.01. The van der Waals surface area contributed by atoms with Gasteiger partial charge in [0.25, 0.3) is 0 Å². The zero-order chi connectivity index (χ0) is 9.68. The molecule has 13 heavy (non-hydrogen) atoms. The van der Waals surface area contributed by atoms with Crippen molar-refractivity contribution in [2.24, 2.45) is 0 Å². The molecular weight excluding hydrogens is 250 g/mol. The number of hydrogen-bond acceptors (Lipinski definition) is 3. The Labute approximate surface area is 90.9 Å². The maximum Gasteiger partial charge on any atom is 0.110 e. The third-order valence-electron chi connectivity index (χ3n) is 1.50. The van der Waals surface area contributed by atoms with Gasteiger partial charge in [0.2, 0.25) is 0 Å². The van der Waals surface area contributed by atoms with E-state index in [1.165, 1.54) is 0 Å². The second kappa shape index (κ2) is 5.62. The average Bonchev–Trinajstić information content (AvgIpc) is 2.08. The molecule has 0 aromatic carbocycles. The van der Waals surface area contributed by atoms with E-state index in [-0.39, 0.29) is 6.10 Å². The lowest BCUT2D eigenvalue weighted by Gasteiger charge is -2.04. The van der Waals surface area contributed by atoms with Crippen molar-refractivity contribution in [3.05, 3.63) is 22.8 Å². The zero-order valence-electron chi connectivity index (χ0n) is 7.40. The van der Waals surface area contributed by atoms with Crippen molar-refractivity contribution >= 4 is 27.7 Å². The highest BCUT2D eigenvalue weighted by molar-refractivity contribution is 9.10. The predicted molar refractivity (Wildman–Crippen MR) is 59.0 cm³/mol. The Morgan fingerprint density at radius 2 is 2.46 bits per heavy atom. The highest BCUT2D eigenvalue weighted by atomic mass is 79.9. The van der Waals surface area contributed by atoms with Gasteiger partial charge >= 0.3 is 0 Å². The molecule has 1 heterocycles. The molecule has 2 nitrogen and oxygen atoms in total. The lowest BCUT2D eigenvalue weighted by Crippen LogP contribution is -2.00. The van der Waals surface area contributed by atoms with Crippen molar-refractivity contribution in [2.45, 2.75) is 24.5 Å². The van der Waals surface area contributed by atoms with Gasteiger partial charge < -0.3 is 5.11 Å². The first-order valence-corrected chi connectivity index (χ1v) is 5.89.